The number of rotatable bonds is 2. The van der Waals surface area contributed by atoms with Gasteiger partial charge in [0.25, 0.3) is 0 Å². The Hall–Kier alpha value is -1.38. The highest BCUT2D eigenvalue weighted by atomic mass is 16.6. The molecule has 0 atom stereocenters. The van der Waals surface area contributed by atoms with Crippen molar-refractivity contribution in [2.45, 2.75) is 27.3 Å². The summed E-state index contributed by atoms with van der Waals surface area (Å²) in [7, 11) is 0. The fraction of sp³-hybridized carbons (Fsp3) is 0.400. The van der Waals surface area contributed by atoms with Gasteiger partial charge < -0.3 is 0 Å². The minimum Gasteiger partial charge on any atom is -0.264 e. The summed E-state index contributed by atoms with van der Waals surface area (Å²) in [6.45, 7) is 5.86. The molecule has 70 valence electrons. The predicted molar refractivity (Wildman–Crippen MR) is 51.4 cm³/mol. The first kappa shape index (κ1) is 9.71. The molecule has 0 unspecified atom stereocenters. The van der Waals surface area contributed by atoms with Crippen LogP contribution in [0.4, 0.5) is 0 Å². The monoisotopic (exact) mass is 179 g/mol. The predicted octanol–water partition coefficient (Wildman–Crippen LogP) is 2.39. The molecular weight excluding hydrogens is 166 g/mol. The van der Waals surface area contributed by atoms with Crippen molar-refractivity contribution in [2.24, 2.45) is 0 Å². The third-order valence-electron chi connectivity index (χ3n) is 2.47. The molecule has 0 aliphatic rings. The van der Waals surface area contributed by atoms with Crippen LogP contribution in [0.2, 0.25) is 0 Å². The van der Waals surface area contributed by atoms with E-state index in [2.05, 4.69) is 0 Å². The van der Waals surface area contributed by atoms with Crippen LogP contribution < -0.4 is 0 Å². The van der Waals surface area contributed by atoms with Gasteiger partial charge in [-0.2, -0.15) is 0 Å². The van der Waals surface area contributed by atoms with Crippen molar-refractivity contribution in [3.8, 4) is 0 Å². The first-order valence-electron chi connectivity index (χ1n) is 4.20. The van der Waals surface area contributed by atoms with Gasteiger partial charge >= 0.3 is 0 Å². The normalized spacial score (nSPS) is 10.1. The molecule has 0 saturated heterocycles. The average molecular weight is 179 g/mol. The van der Waals surface area contributed by atoms with Crippen LogP contribution >= 0.6 is 0 Å². The van der Waals surface area contributed by atoms with Gasteiger partial charge in [-0.3, -0.25) is 10.1 Å². The highest BCUT2D eigenvalue weighted by Gasteiger charge is 2.07. The molecule has 1 aromatic carbocycles. The second-order valence-corrected chi connectivity index (χ2v) is 3.28. The standard InChI is InChI=1S/C10H13NO2/c1-7-4-5-10(6-11(12)13)9(3)8(7)2/h4-5H,6H2,1-3H3. The van der Waals surface area contributed by atoms with Crippen LogP contribution in [0.15, 0.2) is 12.1 Å². The first-order chi connectivity index (χ1) is 6.02. The van der Waals surface area contributed by atoms with E-state index in [0.717, 1.165) is 16.7 Å². The molecule has 0 amide bonds. The Morgan fingerprint density at radius 1 is 1.23 bits per heavy atom. The lowest BCUT2D eigenvalue weighted by molar-refractivity contribution is -0.496. The zero-order valence-corrected chi connectivity index (χ0v) is 8.13. The van der Waals surface area contributed by atoms with Crippen LogP contribution in [0.1, 0.15) is 22.3 Å². The number of hydrogen-bond acceptors (Lipinski definition) is 2. The summed E-state index contributed by atoms with van der Waals surface area (Å²) in [6.07, 6.45) is 0. The Kier molecular flexibility index (Phi) is 2.66. The maximum atomic E-state index is 10.3. The molecule has 13 heavy (non-hydrogen) atoms. The van der Waals surface area contributed by atoms with Crippen LogP contribution in [0.25, 0.3) is 0 Å². The van der Waals surface area contributed by atoms with Crippen molar-refractivity contribution >= 4 is 0 Å². The maximum Gasteiger partial charge on any atom is 0.229 e. The van der Waals surface area contributed by atoms with Crippen LogP contribution in [-0.2, 0) is 6.54 Å². The molecule has 1 aromatic rings. The van der Waals surface area contributed by atoms with Gasteiger partial charge in [-0.05, 0) is 37.5 Å². The molecule has 0 radical (unpaired) electrons. The smallest absolute Gasteiger partial charge is 0.229 e. The third-order valence-corrected chi connectivity index (χ3v) is 2.47. The highest BCUT2D eigenvalue weighted by molar-refractivity contribution is 5.38. The second-order valence-electron chi connectivity index (χ2n) is 3.28. The Morgan fingerprint density at radius 2 is 1.85 bits per heavy atom. The van der Waals surface area contributed by atoms with E-state index in [9.17, 15) is 10.1 Å². The summed E-state index contributed by atoms with van der Waals surface area (Å²) in [5, 5.41) is 10.3. The van der Waals surface area contributed by atoms with Crippen LogP contribution in [0.5, 0.6) is 0 Å². The minimum atomic E-state index is -0.295. The van der Waals surface area contributed by atoms with Gasteiger partial charge in [0.05, 0.1) is 0 Å². The summed E-state index contributed by atoms with van der Waals surface area (Å²) >= 11 is 0. The molecule has 0 aliphatic carbocycles. The molecule has 0 heterocycles. The Morgan fingerprint density at radius 3 is 2.38 bits per heavy atom. The molecule has 0 saturated carbocycles. The number of nitrogens with zero attached hydrogens (tertiary/aromatic N) is 1. The van der Waals surface area contributed by atoms with Gasteiger partial charge in [0.15, 0.2) is 0 Å². The summed E-state index contributed by atoms with van der Waals surface area (Å²) < 4.78 is 0. The van der Waals surface area contributed by atoms with Crippen molar-refractivity contribution in [1.82, 2.24) is 0 Å². The molecule has 0 fully saturated rings. The van der Waals surface area contributed by atoms with Crippen molar-refractivity contribution in [2.75, 3.05) is 0 Å². The van der Waals surface area contributed by atoms with E-state index in [-0.39, 0.29) is 11.5 Å². The van der Waals surface area contributed by atoms with E-state index in [1.165, 1.54) is 5.56 Å². The molecule has 0 aliphatic heterocycles. The van der Waals surface area contributed by atoms with Crippen molar-refractivity contribution < 1.29 is 4.92 Å². The molecule has 3 heteroatoms. The molecule has 3 nitrogen and oxygen atoms in total. The number of nitro groups is 1. The SMILES string of the molecule is Cc1ccc(C[N+](=O)[O-])c(C)c1C. The van der Waals surface area contributed by atoms with E-state index < -0.39 is 0 Å². The second kappa shape index (κ2) is 3.56. The average Bonchev–Trinajstić information content (AvgIpc) is 2.06. The van der Waals surface area contributed by atoms with Gasteiger partial charge in [-0.25, -0.2) is 0 Å². The molecule has 0 N–H and O–H groups in total. The molecular formula is C10H13NO2. The topological polar surface area (TPSA) is 43.1 Å². The molecule has 0 spiro atoms. The van der Waals surface area contributed by atoms with Crippen LogP contribution in [0, 0.1) is 30.9 Å². The van der Waals surface area contributed by atoms with Gasteiger partial charge in [-0.1, -0.05) is 12.1 Å². The van der Waals surface area contributed by atoms with E-state index in [4.69, 9.17) is 0 Å². The molecule has 0 bridgehead atoms. The number of benzene rings is 1. The Balaban J connectivity index is 3.10. The largest absolute Gasteiger partial charge is 0.264 e. The maximum absolute atomic E-state index is 10.3. The highest BCUT2D eigenvalue weighted by Crippen LogP contribution is 2.17. The fourth-order valence-corrected chi connectivity index (χ4v) is 1.32. The lowest BCUT2D eigenvalue weighted by atomic mass is 9.99. The zero-order chi connectivity index (χ0) is 10.0. The summed E-state index contributed by atoms with van der Waals surface area (Å²) in [5.74, 6) is 0. The zero-order valence-electron chi connectivity index (χ0n) is 8.13. The van der Waals surface area contributed by atoms with Gasteiger partial charge in [0, 0.05) is 10.5 Å². The van der Waals surface area contributed by atoms with Crippen molar-refractivity contribution in [3.63, 3.8) is 0 Å². The van der Waals surface area contributed by atoms with E-state index in [1.807, 2.05) is 32.9 Å². The summed E-state index contributed by atoms with van der Waals surface area (Å²) in [6, 6.07) is 3.77. The minimum absolute atomic E-state index is 0.0764. The van der Waals surface area contributed by atoms with Crippen molar-refractivity contribution in [1.29, 1.82) is 0 Å². The van der Waals surface area contributed by atoms with Gasteiger partial charge in [-0.15, -0.1) is 0 Å². The quantitative estimate of drug-likeness (QED) is 0.516. The lowest BCUT2D eigenvalue weighted by Gasteiger charge is -2.07. The Bertz CT molecular complexity index is 345. The summed E-state index contributed by atoms with van der Waals surface area (Å²) in [5.41, 5.74) is 4.19. The van der Waals surface area contributed by atoms with Crippen LogP contribution in [0.3, 0.4) is 0 Å². The van der Waals surface area contributed by atoms with Gasteiger partial charge in [0.1, 0.15) is 0 Å². The van der Waals surface area contributed by atoms with Crippen molar-refractivity contribution in [3.05, 3.63) is 44.5 Å². The lowest BCUT2D eigenvalue weighted by Crippen LogP contribution is -2.02. The third kappa shape index (κ3) is 2.05. The fourth-order valence-electron chi connectivity index (χ4n) is 1.32. The molecule has 1 rings (SSSR count). The number of aryl methyl sites for hydroxylation is 1. The van der Waals surface area contributed by atoms with E-state index in [1.54, 1.807) is 0 Å². The Labute approximate surface area is 77.5 Å². The summed E-state index contributed by atoms with van der Waals surface area (Å²) in [4.78, 5) is 10.0. The first-order valence-corrected chi connectivity index (χ1v) is 4.20. The van der Waals surface area contributed by atoms with Gasteiger partial charge in [0.2, 0.25) is 6.54 Å². The van der Waals surface area contributed by atoms with E-state index >= 15 is 0 Å². The van der Waals surface area contributed by atoms with E-state index in [0.29, 0.717) is 0 Å². The number of hydrogen-bond donors (Lipinski definition) is 0. The molecule has 0 aromatic heterocycles. The van der Waals surface area contributed by atoms with Crippen LogP contribution in [-0.4, -0.2) is 4.92 Å².